The molecule has 10 heavy (non-hydrogen) atoms. The molecule has 3 nitrogen and oxygen atoms in total. The average Bonchev–Trinajstić information content (AvgIpc) is 2.34. The van der Waals surface area contributed by atoms with Crippen molar-refractivity contribution in [2.24, 2.45) is 0 Å². The highest BCUT2D eigenvalue weighted by atomic mass is 16.5. The number of methoxy groups -OCH3 is 1. The number of hydrogen-bond acceptors (Lipinski definition) is 3. The molecule has 1 aromatic heterocycles. The Hall–Kier alpha value is -1.25. The molecule has 0 unspecified atom stereocenters. The number of hydrogen-bond donors (Lipinski definition) is 0. The highest BCUT2D eigenvalue weighted by Crippen LogP contribution is 2.08. The number of carbonyl (C=O) groups is 1. The molecule has 0 atom stereocenters. The summed E-state index contributed by atoms with van der Waals surface area (Å²) in [6.07, 6.45) is 2.44. The Morgan fingerprint density at radius 2 is 2.50 bits per heavy atom. The number of carbonyl (C=O) groups excluding carboxylic acids is 1. The molecular formula is C7H7O3. The zero-order valence-corrected chi connectivity index (χ0v) is 5.80. The highest BCUT2D eigenvalue weighted by molar-refractivity contribution is 5.90. The van der Waals surface area contributed by atoms with Crippen LogP contribution in [0.5, 0.6) is 0 Å². The van der Waals surface area contributed by atoms with Gasteiger partial charge in [0.05, 0.1) is 7.11 Å². The fourth-order valence-corrected chi connectivity index (χ4v) is 0.646. The Bertz CT molecular complexity index is 237. The molecule has 0 bridgehead atoms. The lowest BCUT2D eigenvalue weighted by atomic mass is 10.3. The first-order valence-electron chi connectivity index (χ1n) is 2.80. The number of rotatable bonds is 1. The Morgan fingerprint density at radius 3 is 2.90 bits per heavy atom. The van der Waals surface area contributed by atoms with Crippen molar-refractivity contribution >= 4 is 5.97 Å². The van der Waals surface area contributed by atoms with Crippen LogP contribution >= 0.6 is 0 Å². The smallest absolute Gasteiger partial charge is 0.341 e. The van der Waals surface area contributed by atoms with Crippen molar-refractivity contribution in [3.05, 3.63) is 23.7 Å². The zero-order valence-electron chi connectivity index (χ0n) is 5.80. The van der Waals surface area contributed by atoms with Crippen LogP contribution in [0.1, 0.15) is 16.1 Å². The molecule has 0 spiro atoms. The second kappa shape index (κ2) is 2.56. The zero-order chi connectivity index (χ0) is 7.56. The lowest BCUT2D eigenvalue weighted by Gasteiger charge is -1.93. The van der Waals surface area contributed by atoms with E-state index in [4.69, 9.17) is 4.42 Å². The van der Waals surface area contributed by atoms with Gasteiger partial charge in [0.25, 0.3) is 0 Å². The van der Waals surface area contributed by atoms with E-state index in [0.717, 1.165) is 0 Å². The Morgan fingerprint density at radius 1 is 1.80 bits per heavy atom. The van der Waals surface area contributed by atoms with Crippen LogP contribution < -0.4 is 0 Å². The van der Waals surface area contributed by atoms with Crippen LogP contribution in [0, 0.1) is 13.2 Å². The molecule has 0 amide bonds. The van der Waals surface area contributed by atoms with Crippen LogP contribution in [0.3, 0.4) is 0 Å². The van der Waals surface area contributed by atoms with Gasteiger partial charge >= 0.3 is 5.97 Å². The fourth-order valence-electron chi connectivity index (χ4n) is 0.646. The van der Waals surface area contributed by atoms with Crippen molar-refractivity contribution in [1.29, 1.82) is 0 Å². The highest BCUT2D eigenvalue weighted by Gasteiger charge is 2.10. The number of esters is 1. The van der Waals surface area contributed by atoms with E-state index in [-0.39, 0.29) is 5.97 Å². The number of ether oxygens (including phenoxy) is 1. The first-order chi connectivity index (χ1) is 4.75. The van der Waals surface area contributed by atoms with Crippen LogP contribution in [-0.2, 0) is 4.74 Å². The fraction of sp³-hybridized carbons (Fsp3) is 0.286. The Balaban J connectivity index is 2.93. The maximum absolute atomic E-state index is 10.8. The van der Waals surface area contributed by atoms with Crippen molar-refractivity contribution in [2.45, 2.75) is 6.92 Å². The monoisotopic (exact) mass is 139 g/mol. The molecule has 1 radical (unpaired) electrons. The largest absolute Gasteiger partial charge is 0.465 e. The van der Waals surface area contributed by atoms with E-state index in [0.29, 0.717) is 11.3 Å². The molecular weight excluding hydrogens is 132 g/mol. The minimum Gasteiger partial charge on any atom is -0.465 e. The number of aryl methyl sites for hydroxylation is 1. The third-order valence-corrected chi connectivity index (χ3v) is 1.20. The first kappa shape index (κ1) is 6.86. The molecule has 0 fully saturated rings. The van der Waals surface area contributed by atoms with Gasteiger partial charge in [0.2, 0.25) is 0 Å². The third kappa shape index (κ3) is 1.03. The van der Waals surface area contributed by atoms with E-state index in [1.165, 1.54) is 13.2 Å². The summed E-state index contributed by atoms with van der Waals surface area (Å²) < 4.78 is 9.22. The van der Waals surface area contributed by atoms with Gasteiger partial charge in [-0.1, -0.05) is 0 Å². The summed E-state index contributed by atoms with van der Waals surface area (Å²) in [5.74, 6) is 0.148. The van der Waals surface area contributed by atoms with Gasteiger partial charge in [0, 0.05) is 6.07 Å². The lowest BCUT2D eigenvalue weighted by molar-refractivity contribution is 0.0599. The summed E-state index contributed by atoms with van der Waals surface area (Å²) in [7, 11) is 1.33. The first-order valence-corrected chi connectivity index (χ1v) is 2.80. The van der Waals surface area contributed by atoms with Gasteiger partial charge in [0.15, 0.2) is 6.26 Å². The molecule has 0 aliphatic heterocycles. The summed E-state index contributed by atoms with van der Waals surface area (Å²) in [6, 6.07) is 1.46. The van der Waals surface area contributed by atoms with Crippen LogP contribution in [0.2, 0.25) is 0 Å². The summed E-state index contributed by atoms with van der Waals surface area (Å²) in [4.78, 5) is 10.8. The normalized spacial score (nSPS) is 9.40. The minimum absolute atomic E-state index is 0.387. The van der Waals surface area contributed by atoms with Crippen molar-refractivity contribution < 1.29 is 13.9 Å². The minimum atomic E-state index is -0.387. The summed E-state index contributed by atoms with van der Waals surface area (Å²) >= 11 is 0. The number of furan rings is 1. The van der Waals surface area contributed by atoms with Gasteiger partial charge < -0.3 is 9.15 Å². The summed E-state index contributed by atoms with van der Waals surface area (Å²) in [5, 5.41) is 0. The van der Waals surface area contributed by atoms with Gasteiger partial charge in [-0.25, -0.2) is 4.79 Å². The maximum atomic E-state index is 10.8. The molecule has 0 aliphatic rings. The molecule has 0 aromatic carbocycles. The molecule has 1 aromatic rings. The summed E-state index contributed by atoms with van der Waals surface area (Å²) in [6.45, 7) is 1.68. The van der Waals surface area contributed by atoms with Gasteiger partial charge in [-0.3, -0.25) is 0 Å². The molecule has 0 N–H and O–H groups in total. The van der Waals surface area contributed by atoms with Crippen LogP contribution in [0.4, 0.5) is 0 Å². The lowest BCUT2D eigenvalue weighted by Crippen LogP contribution is -2.00. The molecule has 0 saturated carbocycles. The van der Waals surface area contributed by atoms with E-state index in [9.17, 15) is 4.79 Å². The second-order valence-electron chi connectivity index (χ2n) is 1.83. The average molecular weight is 139 g/mol. The van der Waals surface area contributed by atoms with Crippen molar-refractivity contribution in [1.82, 2.24) is 0 Å². The SMILES string of the molecule is COC(=O)c1c[c]oc1C. The molecule has 3 heteroatoms. The van der Waals surface area contributed by atoms with E-state index >= 15 is 0 Å². The van der Waals surface area contributed by atoms with Gasteiger partial charge in [-0.2, -0.15) is 0 Å². The molecule has 1 rings (SSSR count). The molecule has 53 valence electrons. The summed E-state index contributed by atoms with van der Waals surface area (Å²) in [5.41, 5.74) is 0.433. The van der Waals surface area contributed by atoms with Gasteiger partial charge in [-0.15, -0.1) is 0 Å². The molecule has 0 saturated heterocycles. The standard InChI is InChI=1S/C7H7O3/c1-5-6(3-4-10-5)7(8)9-2/h3H,1-2H3. The topological polar surface area (TPSA) is 39.4 Å². The Kier molecular flexibility index (Phi) is 1.76. The molecule has 1 heterocycles. The third-order valence-electron chi connectivity index (χ3n) is 1.20. The van der Waals surface area contributed by atoms with Crippen molar-refractivity contribution in [3.8, 4) is 0 Å². The van der Waals surface area contributed by atoms with Crippen LogP contribution in [0.15, 0.2) is 10.5 Å². The van der Waals surface area contributed by atoms with Crippen LogP contribution in [0.25, 0.3) is 0 Å². The van der Waals surface area contributed by atoms with E-state index in [2.05, 4.69) is 11.0 Å². The van der Waals surface area contributed by atoms with E-state index in [1.807, 2.05) is 0 Å². The molecule has 0 aliphatic carbocycles. The van der Waals surface area contributed by atoms with Gasteiger partial charge in [-0.05, 0) is 6.92 Å². The predicted octanol–water partition coefficient (Wildman–Crippen LogP) is 1.17. The quantitative estimate of drug-likeness (QED) is 0.548. The van der Waals surface area contributed by atoms with Crippen molar-refractivity contribution in [3.63, 3.8) is 0 Å². The van der Waals surface area contributed by atoms with E-state index < -0.39 is 0 Å². The second-order valence-corrected chi connectivity index (χ2v) is 1.83. The van der Waals surface area contributed by atoms with Crippen molar-refractivity contribution in [2.75, 3.05) is 7.11 Å². The van der Waals surface area contributed by atoms with E-state index in [1.54, 1.807) is 6.92 Å². The predicted molar refractivity (Wildman–Crippen MR) is 33.6 cm³/mol. The maximum Gasteiger partial charge on any atom is 0.341 e. The van der Waals surface area contributed by atoms with Gasteiger partial charge in [0.1, 0.15) is 11.3 Å². The van der Waals surface area contributed by atoms with Crippen LogP contribution in [-0.4, -0.2) is 13.1 Å². The Labute approximate surface area is 58.6 Å².